The van der Waals surface area contributed by atoms with Gasteiger partial charge >= 0.3 is 0 Å². The highest BCUT2D eigenvalue weighted by Gasteiger charge is 2.23. The quantitative estimate of drug-likeness (QED) is 0.938. The predicted octanol–water partition coefficient (Wildman–Crippen LogP) is 3.26. The number of hydrogen-bond donors (Lipinski definition) is 1. The van der Waals surface area contributed by atoms with Crippen LogP contribution < -0.4 is 9.47 Å². The Labute approximate surface area is 122 Å². The minimum Gasteiger partial charge on any atom is -0.490 e. The van der Waals surface area contributed by atoms with Gasteiger partial charge in [-0.3, -0.25) is 0 Å². The smallest absolute Gasteiger partial charge is 0.137 e. The fraction of sp³-hybridized carbons (Fsp3) is 0.294. The van der Waals surface area contributed by atoms with Crippen LogP contribution in [0.25, 0.3) is 0 Å². The Hall–Kier alpha value is -2.07. The van der Waals surface area contributed by atoms with Gasteiger partial charge in [0, 0.05) is 12.0 Å². The molecule has 0 amide bonds. The minimum absolute atomic E-state index is 0.114. The molecule has 1 heterocycles. The van der Waals surface area contributed by atoms with Crippen molar-refractivity contribution in [3.63, 3.8) is 0 Å². The summed E-state index contributed by atoms with van der Waals surface area (Å²) in [7, 11) is 0. The van der Waals surface area contributed by atoms with Crippen molar-refractivity contribution in [2.45, 2.75) is 25.6 Å². The molecule has 0 saturated carbocycles. The van der Waals surface area contributed by atoms with E-state index in [2.05, 4.69) is 0 Å². The molecule has 2 aromatic rings. The average Bonchev–Trinajstić information content (AvgIpc) is 2.87. The topological polar surface area (TPSA) is 38.7 Å². The van der Waals surface area contributed by atoms with Crippen LogP contribution in [0.4, 0.5) is 4.39 Å². The molecule has 1 aliphatic heterocycles. The Kier molecular flexibility index (Phi) is 3.80. The van der Waals surface area contributed by atoms with Gasteiger partial charge in [0.2, 0.25) is 0 Å². The fourth-order valence-electron chi connectivity index (χ4n) is 2.44. The lowest BCUT2D eigenvalue weighted by molar-refractivity contribution is 0.148. The standard InChI is InChI=1S/C17H17FO3/c1-11(19)12-3-2-4-15(8-12)20-10-16-9-13-7-14(18)5-6-17(13)21-16/h2-8,11,16,19H,9-10H2,1H3/t11-,16?/m1/s1. The Morgan fingerprint density at radius 3 is 3.00 bits per heavy atom. The number of fused-ring (bicyclic) bond motifs is 1. The van der Waals surface area contributed by atoms with Gasteiger partial charge in [0.05, 0.1) is 6.10 Å². The molecule has 0 fully saturated rings. The van der Waals surface area contributed by atoms with E-state index < -0.39 is 6.10 Å². The third kappa shape index (κ3) is 3.16. The SMILES string of the molecule is C[C@@H](O)c1cccc(OCC2Cc3cc(F)ccc3O2)c1. The summed E-state index contributed by atoms with van der Waals surface area (Å²) in [6, 6.07) is 11.9. The van der Waals surface area contributed by atoms with E-state index in [0.29, 0.717) is 18.8 Å². The van der Waals surface area contributed by atoms with Crippen molar-refractivity contribution >= 4 is 0 Å². The molecule has 4 heteroatoms. The van der Waals surface area contributed by atoms with Crippen LogP contribution in [0.3, 0.4) is 0 Å². The number of halogens is 1. The van der Waals surface area contributed by atoms with Crippen LogP contribution >= 0.6 is 0 Å². The molecule has 1 aliphatic rings. The molecule has 3 nitrogen and oxygen atoms in total. The van der Waals surface area contributed by atoms with E-state index in [9.17, 15) is 9.50 Å². The molecule has 0 bridgehead atoms. The Morgan fingerprint density at radius 2 is 2.19 bits per heavy atom. The molecular formula is C17H17FO3. The zero-order chi connectivity index (χ0) is 14.8. The van der Waals surface area contributed by atoms with Gasteiger partial charge in [-0.2, -0.15) is 0 Å². The van der Waals surface area contributed by atoms with Gasteiger partial charge in [0.15, 0.2) is 0 Å². The van der Waals surface area contributed by atoms with Crippen molar-refractivity contribution in [2.24, 2.45) is 0 Å². The molecule has 2 aromatic carbocycles. The maximum absolute atomic E-state index is 13.1. The van der Waals surface area contributed by atoms with E-state index in [1.165, 1.54) is 12.1 Å². The zero-order valence-corrected chi connectivity index (χ0v) is 11.8. The molecule has 3 rings (SSSR count). The van der Waals surface area contributed by atoms with Crippen LogP contribution in [0.2, 0.25) is 0 Å². The van der Waals surface area contributed by atoms with Crippen LogP contribution in [0, 0.1) is 5.82 Å². The number of benzene rings is 2. The third-order valence-electron chi connectivity index (χ3n) is 3.54. The number of aliphatic hydroxyl groups excluding tert-OH is 1. The van der Waals surface area contributed by atoms with Crippen LogP contribution in [0.5, 0.6) is 11.5 Å². The molecule has 1 unspecified atom stereocenters. The van der Waals surface area contributed by atoms with E-state index >= 15 is 0 Å². The van der Waals surface area contributed by atoms with Crippen LogP contribution in [0.15, 0.2) is 42.5 Å². The summed E-state index contributed by atoms with van der Waals surface area (Å²) in [4.78, 5) is 0. The zero-order valence-electron chi connectivity index (χ0n) is 11.8. The summed E-state index contributed by atoms with van der Waals surface area (Å²) >= 11 is 0. The summed E-state index contributed by atoms with van der Waals surface area (Å²) in [6.07, 6.45) is 0.00364. The normalized spacial score (nSPS) is 18.0. The maximum Gasteiger partial charge on any atom is 0.137 e. The van der Waals surface area contributed by atoms with Gasteiger partial charge in [0.1, 0.15) is 30.0 Å². The second-order valence-electron chi connectivity index (χ2n) is 5.26. The second kappa shape index (κ2) is 5.74. The van der Waals surface area contributed by atoms with E-state index in [4.69, 9.17) is 9.47 Å². The van der Waals surface area contributed by atoms with Gasteiger partial charge in [0.25, 0.3) is 0 Å². The number of hydrogen-bond acceptors (Lipinski definition) is 3. The van der Waals surface area contributed by atoms with Gasteiger partial charge in [-0.15, -0.1) is 0 Å². The van der Waals surface area contributed by atoms with Gasteiger partial charge in [-0.25, -0.2) is 4.39 Å². The summed E-state index contributed by atoms with van der Waals surface area (Å²) in [5, 5.41) is 9.56. The Morgan fingerprint density at radius 1 is 1.33 bits per heavy atom. The second-order valence-corrected chi connectivity index (χ2v) is 5.26. The predicted molar refractivity (Wildman–Crippen MR) is 77.1 cm³/mol. The monoisotopic (exact) mass is 288 g/mol. The van der Waals surface area contributed by atoms with Crippen LogP contribution in [-0.2, 0) is 6.42 Å². The van der Waals surface area contributed by atoms with Crippen LogP contribution in [0.1, 0.15) is 24.2 Å². The molecule has 0 saturated heterocycles. The lowest BCUT2D eigenvalue weighted by Gasteiger charge is -2.13. The highest BCUT2D eigenvalue weighted by Crippen LogP contribution is 2.29. The van der Waals surface area contributed by atoms with Crippen molar-refractivity contribution in [3.05, 3.63) is 59.4 Å². The first-order valence-electron chi connectivity index (χ1n) is 6.98. The minimum atomic E-state index is -0.525. The van der Waals surface area contributed by atoms with Gasteiger partial charge < -0.3 is 14.6 Å². The fourth-order valence-corrected chi connectivity index (χ4v) is 2.44. The Balaban J connectivity index is 1.61. The van der Waals surface area contributed by atoms with Gasteiger partial charge in [-0.05, 0) is 42.8 Å². The third-order valence-corrected chi connectivity index (χ3v) is 3.54. The van der Waals surface area contributed by atoms with Crippen LogP contribution in [-0.4, -0.2) is 17.8 Å². The summed E-state index contributed by atoms with van der Waals surface area (Å²) < 4.78 is 24.6. The van der Waals surface area contributed by atoms with Crippen molar-refractivity contribution < 1.29 is 19.0 Å². The maximum atomic E-state index is 13.1. The summed E-state index contributed by atoms with van der Waals surface area (Å²) in [5.41, 5.74) is 1.69. The molecule has 0 aliphatic carbocycles. The average molecular weight is 288 g/mol. The first-order chi connectivity index (χ1) is 10.1. The largest absolute Gasteiger partial charge is 0.490 e. The molecule has 0 radical (unpaired) electrons. The van der Waals surface area contributed by atoms with Gasteiger partial charge in [-0.1, -0.05) is 12.1 Å². The van der Waals surface area contributed by atoms with Crippen molar-refractivity contribution in [2.75, 3.05) is 6.61 Å². The molecule has 110 valence electrons. The van der Waals surface area contributed by atoms with E-state index in [0.717, 1.165) is 16.9 Å². The summed E-state index contributed by atoms with van der Waals surface area (Å²) in [6.45, 7) is 2.10. The molecular weight excluding hydrogens is 271 g/mol. The molecule has 0 aromatic heterocycles. The van der Waals surface area contributed by atoms with E-state index in [1.807, 2.05) is 24.3 Å². The number of aliphatic hydroxyl groups is 1. The highest BCUT2D eigenvalue weighted by atomic mass is 19.1. The highest BCUT2D eigenvalue weighted by molar-refractivity contribution is 5.38. The van der Waals surface area contributed by atoms with E-state index in [-0.39, 0.29) is 11.9 Å². The lowest BCUT2D eigenvalue weighted by Crippen LogP contribution is -2.22. The molecule has 2 atom stereocenters. The summed E-state index contributed by atoms with van der Waals surface area (Å²) in [5.74, 6) is 1.17. The first kappa shape index (κ1) is 13.9. The Bertz CT molecular complexity index is 640. The van der Waals surface area contributed by atoms with E-state index in [1.54, 1.807) is 13.0 Å². The van der Waals surface area contributed by atoms with Crippen molar-refractivity contribution in [1.29, 1.82) is 0 Å². The first-order valence-corrected chi connectivity index (χ1v) is 6.98. The number of ether oxygens (including phenoxy) is 2. The lowest BCUT2D eigenvalue weighted by atomic mass is 10.1. The number of rotatable bonds is 4. The van der Waals surface area contributed by atoms with Crippen molar-refractivity contribution in [3.8, 4) is 11.5 Å². The molecule has 21 heavy (non-hydrogen) atoms. The molecule has 1 N–H and O–H groups in total. The molecule has 0 spiro atoms. The van der Waals surface area contributed by atoms with Crippen molar-refractivity contribution in [1.82, 2.24) is 0 Å².